The third-order valence-corrected chi connectivity index (χ3v) is 7.87. The average Bonchev–Trinajstić information content (AvgIpc) is 3.39. The quantitative estimate of drug-likeness (QED) is 0.0508. The zero-order valence-electron chi connectivity index (χ0n) is 20.7. The van der Waals surface area contributed by atoms with Gasteiger partial charge >= 0.3 is 0 Å². The van der Waals surface area contributed by atoms with Gasteiger partial charge in [0.25, 0.3) is 5.56 Å². The number of sulfonamides is 1. The summed E-state index contributed by atoms with van der Waals surface area (Å²) in [5.41, 5.74) is 10.5. The van der Waals surface area contributed by atoms with Crippen molar-refractivity contribution in [2.24, 2.45) is 16.6 Å². The van der Waals surface area contributed by atoms with Crippen LogP contribution < -0.4 is 27.1 Å². The highest BCUT2D eigenvalue weighted by Gasteiger charge is 2.25. The summed E-state index contributed by atoms with van der Waals surface area (Å²) in [7, 11) is -3.92. The Bertz CT molecular complexity index is 1520. The topological polar surface area (TPSA) is 201 Å². The van der Waals surface area contributed by atoms with Crippen molar-refractivity contribution in [3.8, 4) is 0 Å². The summed E-state index contributed by atoms with van der Waals surface area (Å²) in [5, 5.41) is 7.78. The maximum Gasteiger partial charge on any atom is 0.275 e. The van der Waals surface area contributed by atoms with Gasteiger partial charge in [0.15, 0.2) is 5.01 Å². The molecule has 2 aromatic heterocycles. The van der Waals surface area contributed by atoms with Gasteiger partial charge in [-0.3, -0.25) is 19.1 Å². The van der Waals surface area contributed by atoms with E-state index in [1.165, 1.54) is 18.3 Å². The SMILES string of the molecule is Cc1ccc(NS(=O)(=O)Cc2cccc(I)c2)c(=O)n1CC(=O)N[C@@H](CCON=C(N)N)C(=O)c1nccs1. The van der Waals surface area contributed by atoms with Crippen LogP contribution in [0.2, 0.25) is 0 Å². The van der Waals surface area contributed by atoms with Gasteiger partial charge in [-0.25, -0.2) is 13.4 Å². The molecule has 0 radical (unpaired) electrons. The minimum absolute atomic E-state index is 0.0209. The smallest absolute Gasteiger partial charge is 0.275 e. The predicted octanol–water partition coefficient (Wildman–Crippen LogP) is 1.12. The number of thiazole rings is 1. The lowest BCUT2D eigenvalue weighted by Crippen LogP contribution is -2.44. The molecule has 6 N–H and O–H groups in total. The van der Waals surface area contributed by atoms with Crippen LogP contribution in [0.1, 0.15) is 27.5 Å². The van der Waals surface area contributed by atoms with Gasteiger partial charge in [-0.05, 0) is 64.5 Å². The van der Waals surface area contributed by atoms with Gasteiger partial charge < -0.3 is 26.2 Å². The minimum Gasteiger partial charge on any atom is -0.393 e. The number of hydrogen-bond donors (Lipinski definition) is 4. The van der Waals surface area contributed by atoms with Gasteiger partial charge in [-0.1, -0.05) is 12.1 Å². The zero-order valence-corrected chi connectivity index (χ0v) is 24.5. The Balaban J connectivity index is 1.75. The third kappa shape index (κ3) is 9.03. The van der Waals surface area contributed by atoms with E-state index in [9.17, 15) is 22.8 Å². The highest BCUT2D eigenvalue weighted by atomic mass is 127. The van der Waals surface area contributed by atoms with Crippen LogP contribution in [-0.2, 0) is 32.0 Å². The Hall–Kier alpha value is -3.51. The Kier molecular flexibility index (Phi) is 10.4. The summed E-state index contributed by atoms with van der Waals surface area (Å²) in [4.78, 5) is 47.8. The Morgan fingerprint density at radius 2 is 2.03 bits per heavy atom. The van der Waals surface area contributed by atoms with Crippen LogP contribution in [-0.4, -0.2) is 48.3 Å². The maximum absolute atomic E-state index is 13.1. The molecule has 0 unspecified atom stereocenters. The van der Waals surface area contributed by atoms with Crippen LogP contribution >= 0.6 is 33.9 Å². The van der Waals surface area contributed by atoms with Crippen molar-refractivity contribution >= 4 is 67.3 Å². The molecule has 3 aromatic rings. The van der Waals surface area contributed by atoms with Crippen LogP contribution in [0.3, 0.4) is 0 Å². The maximum atomic E-state index is 13.1. The number of carbonyl (C=O) groups is 2. The first-order valence-electron chi connectivity index (χ1n) is 11.3. The molecule has 1 amide bonds. The molecular formula is C23H26IN7O6S2. The zero-order chi connectivity index (χ0) is 28.6. The fourth-order valence-corrected chi connectivity index (χ4v) is 5.85. The van der Waals surface area contributed by atoms with E-state index < -0.39 is 39.9 Å². The number of ketones is 1. The van der Waals surface area contributed by atoms with Crippen molar-refractivity contribution in [3.63, 3.8) is 0 Å². The van der Waals surface area contributed by atoms with E-state index in [2.05, 4.69) is 42.8 Å². The molecule has 0 spiro atoms. The van der Waals surface area contributed by atoms with Crippen LogP contribution in [0.5, 0.6) is 0 Å². The van der Waals surface area contributed by atoms with E-state index in [-0.39, 0.29) is 35.4 Å². The molecule has 0 bridgehead atoms. The summed E-state index contributed by atoms with van der Waals surface area (Å²) in [5.74, 6) is -1.74. The number of halogens is 1. The number of nitrogens with two attached hydrogens (primary N) is 2. The number of hydrogen-bond acceptors (Lipinski definition) is 9. The lowest BCUT2D eigenvalue weighted by atomic mass is 10.1. The van der Waals surface area contributed by atoms with Gasteiger partial charge in [0.05, 0.1) is 11.8 Å². The number of anilines is 1. The third-order valence-electron chi connectivity index (χ3n) is 5.17. The number of guanidine groups is 1. The molecule has 3 rings (SSSR count). The van der Waals surface area contributed by atoms with Crippen LogP contribution in [0, 0.1) is 10.5 Å². The molecule has 39 heavy (non-hydrogen) atoms. The number of nitrogens with one attached hydrogen (secondary N) is 2. The average molecular weight is 688 g/mol. The number of carbonyl (C=O) groups excluding carboxylic acids is 2. The largest absolute Gasteiger partial charge is 0.393 e. The van der Waals surface area contributed by atoms with Gasteiger partial charge in [-0.2, -0.15) is 0 Å². The number of aryl methyl sites for hydroxylation is 1. The van der Waals surface area contributed by atoms with E-state index in [4.69, 9.17) is 16.3 Å². The summed E-state index contributed by atoms with van der Waals surface area (Å²) in [6, 6.07) is 8.79. The lowest BCUT2D eigenvalue weighted by Gasteiger charge is -2.18. The van der Waals surface area contributed by atoms with Crippen molar-refractivity contribution in [1.29, 1.82) is 0 Å². The molecule has 0 aliphatic rings. The molecule has 0 fully saturated rings. The second-order valence-corrected chi connectivity index (χ2v) is 12.1. The van der Waals surface area contributed by atoms with Gasteiger partial charge in [0.1, 0.15) is 18.8 Å². The molecule has 0 saturated heterocycles. The number of aromatic nitrogens is 2. The van der Waals surface area contributed by atoms with Crippen LogP contribution in [0.25, 0.3) is 0 Å². The summed E-state index contributed by atoms with van der Waals surface area (Å²) >= 11 is 3.19. The van der Waals surface area contributed by atoms with E-state index in [0.717, 1.165) is 19.5 Å². The number of benzene rings is 1. The molecule has 208 valence electrons. The number of pyridine rings is 1. The Labute approximate surface area is 241 Å². The van der Waals surface area contributed by atoms with Gasteiger partial charge in [-0.15, -0.1) is 11.3 Å². The number of oxime groups is 1. The molecule has 0 saturated carbocycles. The monoisotopic (exact) mass is 687 g/mol. The van der Waals surface area contributed by atoms with Gasteiger partial charge in [0.2, 0.25) is 27.7 Å². The number of Topliss-reactive ketones (excluding diaryl/α,β-unsaturated/α-hetero) is 1. The summed E-state index contributed by atoms with van der Waals surface area (Å²) < 4.78 is 29.8. The molecule has 0 aliphatic carbocycles. The standard InChI is InChI=1S/C23H26IN7O6S2/c1-14-5-6-18(30-39(35,36)13-15-3-2-4-16(24)11-15)22(34)31(14)12-19(32)28-17(7-9-37-29-23(25)26)20(33)21-27-8-10-38-21/h2-6,8,10-11,17,30H,7,9,12-13H2,1H3,(H,28,32)(H4,25,26,29)/t17-/m0/s1. The van der Waals surface area contributed by atoms with Crippen molar-refractivity contribution < 1.29 is 22.8 Å². The second kappa shape index (κ2) is 13.5. The summed E-state index contributed by atoms with van der Waals surface area (Å²) in [6.45, 7) is 1.05. The number of amides is 1. The van der Waals surface area contributed by atoms with E-state index in [1.807, 2.05) is 6.07 Å². The van der Waals surface area contributed by atoms with Crippen molar-refractivity contribution in [1.82, 2.24) is 14.9 Å². The predicted molar refractivity (Wildman–Crippen MR) is 156 cm³/mol. The van der Waals surface area contributed by atoms with Crippen molar-refractivity contribution in [2.75, 3.05) is 11.3 Å². The van der Waals surface area contributed by atoms with E-state index in [0.29, 0.717) is 11.3 Å². The fraction of sp³-hybridized carbons (Fsp3) is 0.261. The molecule has 16 heteroatoms. The highest BCUT2D eigenvalue weighted by molar-refractivity contribution is 14.1. The normalized spacial score (nSPS) is 11.8. The number of rotatable bonds is 13. The molecule has 0 aliphatic heterocycles. The number of nitrogens with zero attached hydrogens (tertiary/aromatic N) is 3. The Morgan fingerprint density at radius 1 is 1.26 bits per heavy atom. The second-order valence-electron chi connectivity index (χ2n) is 8.23. The fourth-order valence-electron chi connectivity index (χ4n) is 3.43. The van der Waals surface area contributed by atoms with Gasteiger partial charge in [0, 0.05) is 27.3 Å². The van der Waals surface area contributed by atoms with E-state index >= 15 is 0 Å². The Morgan fingerprint density at radius 3 is 2.69 bits per heavy atom. The molecule has 13 nitrogen and oxygen atoms in total. The lowest BCUT2D eigenvalue weighted by molar-refractivity contribution is -0.122. The molecule has 2 heterocycles. The van der Waals surface area contributed by atoms with Crippen LogP contribution in [0.15, 0.2) is 57.9 Å². The molecular weight excluding hydrogens is 661 g/mol. The first kappa shape index (κ1) is 30.0. The molecule has 1 atom stereocenters. The van der Waals surface area contributed by atoms with Crippen LogP contribution in [0.4, 0.5) is 5.69 Å². The van der Waals surface area contributed by atoms with Crippen molar-refractivity contribution in [3.05, 3.63) is 78.2 Å². The first-order chi connectivity index (χ1) is 18.4. The molecule has 1 aromatic carbocycles. The minimum atomic E-state index is -3.92. The van der Waals surface area contributed by atoms with E-state index in [1.54, 1.807) is 30.5 Å². The highest BCUT2D eigenvalue weighted by Crippen LogP contribution is 2.14. The first-order valence-corrected chi connectivity index (χ1v) is 15.0. The summed E-state index contributed by atoms with van der Waals surface area (Å²) in [6.07, 6.45) is 1.48. The van der Waals surface area contributed by atoms with Crippen molar-refractivity contribution in [2.45, 2.75) is 31.7 Å².